The second-order valence-electron chi connectivity index (χ2n) is 27.8. The van der Waals surface area contributed by atoms with Crippen LogP contribution in [0.5, 0.6) is 0 Å². The summed E-state index contributed by atoms with van der Waals surface area (Å²) in [6.07, 6.45) is 74.4. The number of aliphatic hydroxyl groups excluding tert-OH is 7. The van der Waals surface area contributed by atoms with Crippen LogP contribution < -0.4 is 5.32 Å². The number of aliphatic hydroxyl groups is 7. The largest absolute Gasteiger partial charge is 0.394 e. The van der Waals surface area contributed by atoms with E-state index in [-0.39, 0.29) is 12.8 Å². The van der Waals surface area contributed by atoms with E-state index in [4.69, 9.17) is 9.47 Å². The van der Waals surface area contributed by atoms with Crippen LogP contribution in [0.2, 0.25) is 0 Å². The first-order valence-corrected chi connectivity index (χ1v) is 39.2. The maximum absolute atomic E-state index is 13.3. The van der Waals surface area contributed by atoms with E-state index >= 15 is 0 Å². The Kier molecular flexibility index (Phi) is 64.1. The summed E-state index contributed by atoms with van der Waals surface area (Å²) < 4.78 is 11.2. The van der Waals surface area contributed by atoms with Crippen molar-refractivity contribution in [3.63, 3.8) is 0 Å². The predicted molar refractivity (Wildman–Crippen MR) is 376 cm³/mol. The highest BCUT2D eigenvalue weighted by Crippen LogP contribution is 2.24. The minimum Gasteiger partial charge on any atom is -0.394 e. The Morgan fingerprint density at radius 1 is 0.382 bits per heavy atom. The molecule has 1 aliphatic rings. The molecule has 1 fully saturated rings. The second-order valence-corrected chi connectivity index (χ2v) is 27.8. The Hall–Kier alpha value is -1.41. The van der Waals surface area contributed by atoms with Gasteiger partial charge in [0.1, 0.15) is 36.6 Å². The minimum atomic E-state index is -1.67. The summed E-state index contributed by atoms with van der Waals surface area (Å²) in [4.78, 5) is 13.3. The fraction of sp³-hybridized carbons (Fsp3) is 0.936. The number of ether oxygens (including phenoxy) is 2. The van der Waals surface area contributed by atoms with E-state index in [9.17, 15) is 40.5 Å². The third-order valence-electron chi connectivity index (χ3n) is 19.2. The Morgan fingerprint density at radius 3 is 0.966 bits per heavy atom. The van der Waals surface area contributed by atoms with Crippen molar-refractivity contribution in [3.05, 3.63) is 24.3 Å². The number of unbranched alkanes of at least 4 members (excludes halogenated alkanes) is 54. The fourth-order valence-electron chi connectivity index (χ4n) is 13.0. The van der Waals surface area contributed by atoms with Crippen LogP contribution in [0.4, 0.5) is 0 Å². The summed E-state index contributed by atoms with van der Waals surface area (Å²) in [5.41, 5.74) is 0. The molecule has 1 aliphatic heterocycles. The van der Waals surface area contributed by atoms with Gasteiger partial charge in [-0.1, -0.05) is 359 Å². The average Bonchev–Trinajstić information content (AvgIpc) is 3.50. The molecule has 1 rings (SSSR count). The van der Waals surface area contributed by atoms with Crippen LogP contribution >= 0.6 is 0 Å². The first-order valence-electron chi connectivity index (χ1n) is 39.2. The Bertz CT molecular complexity index is 1500. The number of carbonyl (C=O) groups is 1. The molecule has 8 N–H and O–H groups in total. The van der Waals surface area contributed by atoms with Gasteiger partial charge in [0.05, 0.1) is 25.4 Å². The van der Waals surface area contributed by atoms with Crippen molar-refractivity contribution in [2.24, 2.45) is 0 Å². The topological polar surface area (TPSA) is 189 Å². The van der Waals surface area contributed by atoms with Gasteiger partial charge >= 0.3 is 0 Å². The highest BCUT2D eigenvalue weighted by Gasteiger charge is 2.44. The van der Waals surface area contributed by atoms with E-state index in [2.05, 4.69) is 43.5 Å². The van der Waals surface area contributed by atoms with Crippen LogP contribution in [0.1, 0.15) is 399 Å². The zero-order valence-corrected chi connectivity index (χ0v) is 58.7. The van der Waals surface area contributed by atoms with Gasteiger partial charge in [0.25, 0.3) is 0 Å². The first kappa shape index (κ1) is 85.6. The van der Waals surface area contributed by atoms with E-state index in [0.29, 0.717) is 12.8 Å². The molecule has 0 aliphatic carbocycles. The van der Waals surface area contributed by atoms with Crippen LogP contribution in [-0.2, 0) is 14.3 Å². The molecule has 0 aromatic carbocycles. The molecule has 1 amide bonds. The highest BCUT2D eigenvalue weighted by molar-refractivity contribution is 5.80. The number of nitrogens with one attached hydrogen (secondary N) is 1. The van der Waals surface area contributed by atoms with Crippen molar-refractivity contribution in [1.82, 2.24) is 5.32 Å². The molecule has 1 heterocycles. The molecule has 9 unspecified atom stereocenters. The van der Waals surface area contributed by atoms with Crippen molar-refractivity contribution in [2.75, 3.05) is 13.2 Å². The second kappa shape index (κ2) is 66.6. The lowest BCUT2D eigenvalue weighted by Crippen LogP contribution is -2.60. The van der Waals surface area contributed by atoms with Crippen LogP contribution in [-0.4, -0.2) is 110 Å². The van der Waals surface area contributed by atoms with Crippen molar-refractivity contribution in [1.29, 1.82) is 0 Å². The molecule has 0 spiro atoms. The quantitative estimate of drug-likeness (QED) is 0.0215. The van der Waals surface area contributed by atoms with Gasteiger partial charge in [0.15, 0.2) is 6.29 Å². The maximum Gasteiger partial charge on any atom is 0.249 e. The van der Waals surface area contributed by atoms with Crippen LogP contribution in [0, 0.1) is 0 Å². The Morgan fingerprint density at radius 2 is 0.663 bits per heavy atom. The fourth-order valence-corrected chi connectivity index (χ4v) is 13.0. The zero-order chi connectivity index (χ0) is 64.6. The summed E-state index contributed by atoms with van der Waals surface area (Å²) >= 11 is 0. The van der Waals surface area contributed by atoms with Crippen molar-refractivity contribution in [3.8, 4) is 0 Å². The molecule has 0 aromatic heterocycles. The van der Waals surface area contributed by atoms with Crippen LogP contribution in [0.3, 0.4) is 0 Å². The molecule has 9 atom stereocenters. The van der Waals surface area contributed by atoms with Gasteiger partial charge < -0.3 is 50.5 Å². The SMILES string of the molecule is CCCCCCCCCCCCCC/C=C\CCCCCCCCCCCCCCCCCC(O)C(=O)NC(COC1OC(CO)C(O)C(O)C1O)C(O)C(O)CCC/C=C/CCCCCCCCCCCCCCCCCCCCCCCCCCCC. The van der Waals surface area contributed by atoms with Gasteiger partial charge in [0.2, 0.25) is 5.91 Å². The number of hydrogen-bond acceptors (Lipinski definition) is 10. The third-order valence-corrected chi connectivity index (χ3v) is 19.2. The van der Waals surface area contributed by atoms with Gasteiger partial charge in [-0.15, -0.1) is 0 Å². The van der Waals surface area contributed by atoms with Gasteiger partial charge in [-0.2, -0.15) is 0 Å². The van der Waals surface area contributed by atoms with Crippen LogP contribution in [0.15, 0.2) is 24.3 Å². The normalized spacial score (nSPS) is 18.6. The Labute approximate surface area is 550 Å². The van der Waals surface area contributed by atoms with Crippen molar-refractivity contribution in [2.45, 2.75) is 454 Å². The standard InChI is InChI=1S/C78H151NO10/c1-3-5-7-9-11-13-15-17-19-21-23-25-27-29-31-33-35-37-39-41-43-45-47-49-51-53-55-57-59-61-63-65-70(81)73(83)69(68-88-78-76(86)75(85)74(84)72(67-80)89-78)79-77(87)71(82)66-64-62-60-58-56-54-52-50-48-46-44-42-40-38-36-34-32-30-28-26-24-22-20-18-16-14-12-10-8-6-4-2/h30,32,57,59,69-76,78,80-86H,3-29,31,33-56,58,60-68H2,1-2H3,(H,79,87)/b32-30-,59-57+. The molecule has 528 valence electrons. The number of carbonyl (C=O) groups excluding carboxylic acids is 1. The van der Waals surface area contributed by atoms with Crippen molar-refractivity contribution < 1.29 is 50.0 Å². The summed E-state index contributed by atoms with van der Waals surface area (Å²) in [6, 6.07) is -1.19. The maximum atomic E-state index is 13.3. The van der Waals surface area contributed by atoms with E-state index in [1.165, 1.54) is 321 Å². The lowest BCUT2D eigenvalue weighted by atomic mass is 9.98. The van der Waals surface area contributed by atoms with Gasteiger partial charge in [-0.25, -0.2) is 0 Å². The summed E-state index contributed by atoms with van der Waals surface area (Å²) in [6.45, 7) is 3.52. The molecule has 0 bridgehead atoms. The first-order chi connectivity index (χ1) is 43.7. The summed E-state index contributed by atoms with van der Waals surface area (Å²) in [5, 5.41) is 76.7. The van der Waals surface area contributed by atoms with Crippen LogP contribution in [0.25, 0.3) is 0 Å². The molecule has 0 aromatic rings. The molecule has 0 radical (unpaired) electrons. The van der Waals surface area contributed by atoms with E-state index < -0.39 is 74.2 Å². The third kappa shape index (κ3) is 53.5. The minimum absolute atomic E-state index is 0.257. The summed E-state index contributed by atoms with van der Waals surface area (Å²) in [7, 11) is 0. The molecule has 0 saturated carbocycles. The molecule has 11 nitrogen and oxygen atoms in total. The molecule has 11 heteroatoms. The number of amides is 1. The predicted octanol–water partition coefficient (Wildman–Crippen LogP) is 19.9. The monoisotopic (exact) mass is 1260 g/mol. The summed E-state index contributed by atoms with van der Waals surface area (Å²) in [5.74, 6) is -0.698. The zero-order valence-electron chi connectivity index (χ0n) is 58.7. The molecular formula is C78H151NO10. The molecule has 1 saturated heterocycles. The number of hydrogen-bond donors (Lipinski definition) is 8. The number of rotatable bonds is 70. The lowest BCUT2D eigenvalue weighted by molar-refractivity contribution is -0.303. The smallest absolute Gasteiger partial charge is 0.249 e. The van der Waals surface area contributed by atoms with Gasteiger partial charge in [0, 0.05) is 0 Å². The van der Waals surface area contributed by atoms with Crippen molar-refractivity contribution >= 4 is 5.91 Å². The molecule has 89 heavy (non-hydrogen) atoms. The lowest BCUT2D eigenvalue weighted by Gasteiger charge is -2.40. The van der Waals surface area contributed by atoms with E-state index in [1.807, 2.05) is 0 Å². The average molecular weight is 1260 g/mol. The highest BCUT2D eigenvalue weighted by atomic mass is 16.7. The van der Waals surface area contributed by atoms with Gasteiger partial charge in [-0.3, -0.25) is 4.79 Å². The number of allylic oxidation sites excluding steroid dienone is 4. The van der Waals surface area contributed by atoms with E-state index in [1.54, 1.807) is 0 Å². The molecular weight excluding hydrogens is 1110 g/mol. The van der Waals surface area contributed by atoms with Gasteiger partial charge in [-0.05, 0) is 64.2 Å². The Balaban J connectivity index is 2.16. The van der Waals surface area contributed by atoms with E-state index in [0.717, 1.165) is 38.5 Å².